The van der Waals surface area contributed by atoms with E-state index in [-0.39, 0.29) is 12.1 Å². The maximum atomic E-state index is 11.9. The maximum Gasteiger partial charge on any atom is 0.326 e. The van der Waals surface area contributed by atoms with Gasteiger partial charge in [0.1, 0.15) is 11.8 Å². The summed E-state index contributed by atoms with van der Waals surface area (Å²) in [5.41, 5.74) is 0.901. The molecule has 0 fully saturated rings. The lowest BCUT2D eigenvalue weighted by Gasteiger charge is -2.13. The van der Waals surface area contributed by atoms with Crippen molar-refractivity contribution in [1.29, 1.82) is 0 Å². The third-order valence-corrected chi connectivity index (χ3v) is 2.75. The zero-order valence-electron chi connectivity index (χ0n) is 10.9. The van der Waals surface area contributed by atoms with Gasteiger partial charge in [0, 0.05) is 12.5 Å². The molecule has 2 aromatic rings. The second-order valence-electron chi connectivity index (χ2n) is 4.38. The maximum absolute atomic E-state index is 11.9. The summed E-state index contributed by atoms with van der Waals surface area (Å²) in [6.45, 7) is 1.66. The number of carbonyl (C=O) groups excluding carboxylic acids is 1. The quantitative estimate of drug-likeness (QED) is 0.860. The molecular formula is C14H14N2O4. The monoisotopic (exact) mass is 274 g/mol. The number of hydrogen-bond donors (Lipinski definition) is 2. The Labute approximate surface area is 115 Å². The number of carboxylic acids is 1. The molecule has 1 aromatic heterocycles. The van der Waals surface area contributed by atoms with E-state index in [9.17, 15) is 14.7 Å². The smallest absolute Gasteiger partial charge is 0.326 e. The molecular weight excluding hydrogens is 260 g/mol. The predicted molar refractivity (Wildman–Crippen MR) is 70.3 cm³/mol. The highest BCUT2D eigenvalue weighted by molar-refractivity contribution is 5.94. The van der Waals surface area contributed by atoms with Gasteiger partial charge in [0.15, 0.2) is 5.69 Å². The normalized spacial score (nSPS) is 11.8. The van der Waals surface area contributed by atoms with Crippen LogP contribution in [-0.2, 0) is 11.2 Å². The standard InChI is InChI=1S/C14H14N2O4/c1-9-7-11(16-20-9)13(17)15-12(14(18)19)8-10-5-3-2-4-6-10/h2-7,12H,8H2,1H3,(H,15,17)(H,18,19)/t12-/m1/s1. The molecule has 0 aliphatic carbocycles. The molecule has 0 bridgehead atoms. The number of nitrogens with one attached hydrogen (secondary N) is 1. The van der Waals surface area contributed by atoms with Crippen molar-refractivity contribution in [3.05, 3.63) is 53.4 Å². The average Bonchev–Trinajstić information content (AvgIpc) is 2.86. The zero-order chi connectivity index (χ0) is 14.5. The van der Waals surface area contributed by atoms with E-state index in [1.165, 1.54) is 6.07 Å². The van der Waals surface area contributed by atoms with Gasteiger partial charge in [-0.2, -0.15) is 0 Å². The van der Waals surface area contributed by atoms with Crippen molar-refractivity contribution in [2.45, 2.75) is 19.4 Å². The van der Waals surface area contributed by atoms with Crippen LogP contribution in [-0.4, -0.2) is 28.2 Å². The van der Waals surface area contributed by atoms with Gasteiger partial charge in [0.2, 0.25) is 0 Å². The van der Waals surface area contributed by atoms with Crippen LogP contribution in [0.2, 0.25) is 0 Å². The number of carboxylic acid groups (broad SMARTS) is 1. The Morgan fingerprint density at radius 1 is 1.35 bits per heavy atom. The van der Waals surface area contributed by atoms with E-state index in [0.717, 1.165) is 5.56 Å². The lowest BCUT2D eigenvalue weighted by Crippen LogP contribution is -2.42. The van der Waals surface area contributed by atoms with Crippen molar-refractivity contribution in [2.75, 3.05) is 0 Å². The SMILES string of the molecule is Cc1cc(C(=O)N[C@H](Cc2ccccc2)C(=O)O)no1. The first-order valence-corrected chi connectivity index (χ1v) is 6.07. The van der Waals surface area contributed by atoms with Crippen LogP contribution >= 0.6 is 0 Å². The van der Waals surface area contributed by atoms with E-state index in [2.05, 4.69) is 10.5 Å². The van der Waals surface area contributed by atoms with E-state index in [4.69, 9.17) is 4.52 Å². The van der Waals surface area contributed by atoms with Crippen molar-refractivity contribution >= 4 is 11.9 Å². The first kappa shape index (κ1) is 13.8. The summed E-state index contributed by atoms with van der Waals surface area (Å²) in [4.78, 5) is 23.1. The molecule has 0 spiro atoms. The number of amides is 1. The summed E-state index contributed by atoms with van der Waals surface area (Å²) in [5, 5.41) is 15.2. The predicted octanol–water partition coefficient (Wildman–Crippen LogP) is 1.41. The zero-order valence-corrected chi connectivity index (χ0v) is 10.9. The van der Waals surface area contributed by atoms with Gasteiger partial charge in [0.25, 0.3) is 5.91 Å². The van der Waals surface area contributed by atoms with Gasteiger partial charge in [-0.05, 0) is 12.5 Å². The molecule has 1 atom stereocenters. The Bertz CT molecular complexity index is 607. The molecule has 6 nitrogen and oxygen atoms in total. The molecule has 1 amide bonds. The van der Waals surface area contributed by atoms with Crippen molar-refractivity contribution in [3.8, 4) is 0 Å². The lowest BCUT2D eigenvalue weighted by atomic mass is 10.1. The van der Waals surface area contributed by atoms with Crippen LogP contribution in [0.4, 0.5) is 0 Å². The summed E-state index contributed by atoms with van der Waals surface area (Å²) in [6, 6.07) is 9.54. The minimum absolute atomic E-state index is 0.0711. The molecule has 1 heterocycles. The van der Waals surface area contributed by atoms with E-state index in [0.29, 0.717) is 5.76 Å². The number of rotatable bonds is 5. The number of carbonyl (C=O) groups is 2. The fourth-order valence-electron chi connectivity index (χ4n) is 1.76. The molecule has 20 heavy (non-hydrogen) atoms. The van der Waals surface area contributed by atoms with Gasteiger partial charge in [-0.1, -0.05) is 35.5 Å². The first-order chi connectivity index (χ1) is 9.56. The molecule has 2 N–H and O–H groups in total. The largest absolute Gasteiger partial charge is 0.480 e. The number of aliphatic carboxylic acids is 1. The van der Waals surface area contributed by atoms with E-state index >= 15 is 0 Å². The highest BCUT2D eigenvalue weighted by atomic mass is 16.5. The number of hydrogen-bond acceptors (Lipinski definition) is 4. The number of aryl methyl sites for hydroxylation is 1. The topological polar surface area (TPSA) is 92.4 Å². The lowest BCUT2D eigenvalue weighted by molar-refractivity contribution is -0.139. The molecule has 0 radical (unpaired) electrons. The second kappa shape index (κ2) is 6.01. The first-order valence-electron chi connectivity index (χ1n) is 6.07. The van der Waals surface area contributed by atoms with Gasteiger partial charge in [-0.3, -0.25) is 4.79 Å². The average molecular weight is 274 g/mol. The highest BCUT2D eigenvalue weighted by Crippen LogP contribution is 2.06. The van der Waals surface area contributed by atoms with Crippen molar-refractivity contribution in [2.24, 2.45) is 0 Å². The molecule has 0 aliphatic heterocycles. The van der Waals surface area contributed by atoms with Crippen molar-refractivity contribution < 1.29 is 19.2 Å². The molecule has 0 unspecified atom stereocenters. The van der Waals surface area contributed by atoms with Crippen LogP contribution in [0.15, 0.2) is 40.9 Å². The van der Waals surface area contributed by atoms with Crippen LogP contribution in [0.3, 0.4) is 0 Å². The Morgan fingerprint density at radius 3 is 2.60 bits per heavy atom. The summed E-state index contributed by atoms with van der Waals surface area (Å²) in [6.07, 6.45) is 0.207. The van der Waals surface area contributed by atoms with Gasteiger partial charge in [0.05, 0.1) is 0 Å². The Hall–Kier alpha value is -2.63. The summed E-state index contributed by atoms with van der Waals surface area (Å²) in [7, 11) is 0. The highest BCUT2D eigenvalue weighted by Gasteiger charge is 2.22. The number of aromatic nitrogens is 1. The summed E-state index contributed by atoms with van der Waals surface area (Å²) >= 11 is 0. The van der Waals surface area contributed by atoms with Gasteiger partial charge < -0.3 is 14.9 Å². The molecule has 0 saturated heterocycles. The minimum Gasteiger partial charge on any atom is -0.480 e. The molecule has 6 heteroatoms. The third kappa shape index (κ3) is 3.44. The van der Waals surface area contributed by atoms with E-state index in [1.54, 1.807) is 6.92 Å². The van der Waals surface area contributed by atoms with Crippen molar-refractivity contribution in [3.63, 3.8) is 0 Å². The van der Waals surface area contributed by atoms with E-state index < -0.39 is 17.9 Å². The molecule has 104 valence electrons. The number of nitrogens with zero attached hydrogens (tertiary/aromatic N) is 1. The van der Waals surface area contributed by atoms with Crippen LogP contribution in [0, 0.1) is 6.92 Å². The Kier molecular flexibility index (Phi) is 4.14. The fraction of sp³-hybridized carbons (Fsp3) is 0.214. The second-order valence-corrected chi connectivity index (χ2v) is 4.38. The molecule has 1 aromatic carbocycles. The van der Waals surface area contributed by atoms with Gasteiger partial charge in [-0.25, -0.2) is 4.79 Å². The van der Waals surface area contributed by atoms with Gasteiger partial charge in [-0.15, -0.1) is 0 Å². The van der Waals surface area contributed by atoms with Crippen LogP contribution < -0.4 is 5.32 Å². The Morgan fingerprint density at radius 2 is 2.05 bits per heavy atom. The van der Waals surface area contributed by atoms with Crippen molar-refractivity contribution in [1.82, 2.24) is 10.5 Å². The van der Waals surface area contributed by atoms with Gasteiger partial charge >= 0.3 is 5.97 Å². The Balaban J connectivity index is 2.06. The fourth-order valence-corrected chi connectivity index (χ4v) is 1.76. The van der Waals surface area contributed by atoms with E-state index in [1.807, 2.05) is 30.3 Å². The summed E-state index contributed by atoms with van der Waals surface area (Å²) in [5.74, 6) is -1.17. The van der Waals surface area contributed by atoms with Crippen LogP contribution in [0.1, 0.15) is 21.8 Å². The molecule has 0 aliphatic rings. The van der Waals surface area contributed by atoms with Crippen LogP contribution in [0.5, 0.6) is 0 Å². The minimum atomic E-state index is -1.09. The molecule has 2 rings (SSSR count). The summed E-state index contributed by atoms with van der Waals surface area (Å²) < 4.78 is 4.79. The van der Waals surface area contributed by atoms with Crippen LogP contribution in [0.25, 0.3) is 0 Å². The molecule has 0 saturated carbocycles. The third-order valence-electron chi connectivity index (χ3n) is 2.75. The number of benzene rings is 1.